The molecule has 13 heavy (non-hydrogen) atoms. The summed E-state index contributed by atoms with van der Waals surface area (Å²) in [5.41, 5.74) is 4.77. The highest BCUT2D eigenvalue weighted by Gasteiger charge is 2.07. The highest BCUT2D eigenvalue weighted by Crippen LogP contribution is 1.91. The van der Waals surface area contributed by atoms with Crippen molar-refractivity contribution in [3.05, 3.63) is 37.5 Å². The molecule has 0 aromatic heterocycles. The van der Waals surface area contributed by atoms with Crippen molar-refractivity contribution in [1.29, 1.82) is 0 Å². The normalized spacial score (nSPS) is 10.0. The van der Waals surface area contributed by atoms with Crippen LogP contribution in [-0.4, -0.2) is 11.9 Å². The molecular formula is C8H9NO4. The summed E-state index contributed by atoms with van der Waals surface area (Å²) in [4.78, 5) is 21.4. The Hall–Kier alpha value is -2.04. The van der Waals surface area contributed by atoms with Gasteiger partial charge in [0.1, 0.15) is 5.70 Å². The van der Waals surface area contributed by atoms with Gasteiger partial charge in [0.05, 0.1) is 18.6 Å². The lowest BCUT2D eigenvalue weighted by atomic mass is 10.4. The molecule has 70 valence electrons. The molecule has 0 bridgehead atoms. The summed E-state index contributed by atoms with van der Waals surface area (Å²) in [5.74, 6) is -1.66. The van der Waals surface area contributed by atoms with Gasteiger partial charge in [-0.25, -0.2) is 9.59 Å². The number of rotatable bonds is 4. The van der Waals surface area contributed by atoms with Crippen LogP contribution in [-0.2, 0) is 19.1 Å². The molecule has 5 nitrogen and oxygen atoms in total. The largest absolute Gasteiger partial charge is 0.432 e. The summed E-state index contributed by atoms with van der Waals surface area (Å²) >= 11 is 0. The second-order valence-electron chi connectivity index (χ2n) is 1.78. The molecule has 5 heteroatoms. The van der Waals surface area contributed by atoms with Crippen LogP contribution in [0.4, 0.5) is 0 Å². The minimum Gasteiger partial charge on any atom is -0.432 e. The Kier molecular flexibility index (Phi) is 4.71. The number of hydrogen-bond donors (Lipinski definition) is 1. The first-order chi connectivity index (χ1) is 6.11. The Bertz CT molecular complexity index is 267. The molecule has 0 saturated heterocycles. The van der Waals surface area contributed by atoms with Crippen LogP contribution in [0.2, 0.25) is 0 Å². The van der Waals surface area contributed by atoms with Gasteiger partial charge >= 0.3 is 11.9 Å². The Morgan fingerprint density at radius 2 is 1.69 bits per heavy atom. The highest BCUT2D eigenvalue weighted by molar-refractivity contribution is 5.95. The Morgan fingerprint density at radius 3 is 2.15 bits per heavy atom. The van der Waals surface area contributed by atoms with Gasteiger partial charge in [0.2, 0.25) is 0 Å². The molecule has 0 aliphatic carbocycles. The standard InChI is InChI=1S/C8H9NO4/c1-3-12-7(10)5-6(9)8(11)13-4-2/h3-5H,1-2,9H2/b6-5+. The second-order valence-corrected chi connectivity index (χ2v) is 1.78. The van der Waals surface area contributed by atoms with Crippen LogP contribution >= 0.6 is 0 Å². The molecule has 0 fully saturated rings. The predicted molar refractivity (Wildman–Crippen MR) is 44.8 cm³/mol. The van der Waals surface area contributed by atoms with Crippen molar-refractivity contribution < 1.29 is 19.1 Å². The third kappa shape index (κ3) is 4.41. The monoisotopic (exact) mass is 183 g/mol. The third-order valence-corrected chi connectivity index (χ3v) is 0.899. The molecule has 0 aromatic rings. The van der Waals surface area contributed by atoms with Crippen molar-refractivity contribution in [3.8, 4) is 0 Å². The zero-order valence-corrected chi connectivity index (χ0v) is 6.86. The zero-order valence-electron chi connectivity index (χ0n) is 6.86. The summed E-state index contributed by atoms with van der Waals surface area (Å²) in [6.07, 6.45) is 2.61. The van der Waals surface area contributed by atoms with E-state index in [0.29, 0.717) is 0 Å². The van der Waals surface area contributed by atoms with Crippen molar-refractivity contribution >= 4 is 11.9 Å². The van der Waals surface area contributed by atoms with Crippen LogP contribution in [0.1, 0.15) is 0 Å². The Morgan fingerprint density at radius 1 is 1.15 bits per heavy atom. The van der Waals surface area contributed by atoms with E-state index in [-0.39, 0.29) is 5.70 Å². The molecule has 0 unspecified atom stereocenters. The number of esters is 2. The van der Waals surface area contributed by atoms with E-state index < -0.39 is 11.9 Å². The van der Waals surface area contributed by atoms with E-state index in [2.05, 4.69) is 22.6 Å². The van der Waals surface area contributed by atoms with Gasteiger partial charge < -0.3 is 15.2 Å². The first-order valence-corrected chi connectivity index (χ1v) is 3.22. The first-order valence-electron chi connectivity index (χ1n) is 3.22. The minimum absolute atomic E-state index is 0.369. The molecule has 0 saturated carbocycles. The van der Waals surface area contributed by atoms with E-state index in [1.165, 1.54) is 0 Å². The number of hydrogen-bond acceptors (Lipinski definition) is 5. The topological polar surface area (TPSA) is 78.6 Å². The highest BCUT2D eigenvalue weighted by atomic mass is 16.5. The Labute approximate surface area is 75.1 Å². The van der Waals surface area contributed by atoms with Gasteiger partial charge in [0.25, 0.3) is 0 Å². The lowest BCUT2D eigenvalue weighted by Crippen LogP contribution is -2.14. The summed E-state index contributed by atoms with van der Waals surface area (Å²) in [6.45, 7) is 6.28. The average Bonchev–Trinajstić information content (AvgIpc) is 2.05. The van der Waals surface area contributed by atoms with E-state index in [1.807, 2.05) is 0 Å². The molecule has 0 aliphatic heterocycles. The van der Waals surface area contributed by atoms with Crippen LogP contribution in [0.3, 0.4) is 0 Å². The van der Waals surface area contributed by atoms with Gasteiger partial charge in [-0.05, 0) is 0 Å². The van der Waals surface area contributed by atoms with Gasteiger partial charge in [0.15, 0.2) is 0 Å². The van der Waals surface area contributed by atoms with Crippen LogP contribution in [0, 0.1) is 0 Å². The fraction of sp³-hybridized carbons (Fsp3) is 0. The molecule has 0 rings (SSSR count). The van der Waals surface area contributed by atoms with Gasteiger partial charge in [0, 0.05) is 0 Å². The number of ether oxygens (including phenoxy) is 2. The lowest BCUT2D eigenvalue weighted by Gasteiger charge is -1.97. The van der Waals surface area contributed by atoms with Crippen molar-refractivity contribution in [1.82, 2.24) is 0 Å². The van der Waals surface area contributed by atoms with Crippen LogP contribution < -0.4 is 5.73 Å². The maximum absolute atomic E-state index is 10.8. The SMILES string of the molecule is C=COC(=O)/C=C(/N)C(=O)OC=C. The molecule has 0 spiro atoms. The fourth-order valence-corrected chi connectivity index (χ4v) is 0.446. The van der Waals surface area contributed by atoms with E-state index >= 15 is 0 Å². The van der Waals surface area contributed by atoms with Gasteiger partial charge in [-0.15, -0.1) is 0 Å². The predicted octanol–water partition coefficient (Wildman–Crippen LogP) is 0.202. The molecule has 0 aromatic carbocycles. The maximum atomic E-state index is 10.8. The number of carbonyl (C=O) groups is 2. The van der Waals surface area contributed by atoms with E-state index in [4.69, 9.17) is 5.73 Å². The molecule has 0 aliphatic rings. The van der Waals surface area contributed by atoms with Crippen molar-refractivity contribution in [2.75, 3.05) is 0 Å². The third-order valence-electron chi connectivity index (χ3n) is 0.899. The summed E-state index contributed by atoms with van der Waals surface area (Å²) in [5, 5.41) is 0. The Balaban J connectivity index is 4.29. The lowest BCUT2D eigenvalue weighted by molar-refractivity contribution is -0.136. The van der Waals surface area contributed by atoms with Crippen LogP contribution in [0.15, 0.2) is 37.5 Å². The molecule has 0 amide bonds. The van der Waals surface area contributed by atoms with Gasteiger partial charge in [-0.2, -0.15) is 0 Å². The van der Waals surface area contributed by atoms with Crippen LogP contribution in [0.5, 0.6) is 0 Å². The van der Waals surface area contributed by atoms with Crippen molar-refractivity contribution in [2.45, 2.75) is 0 Å². The molecular weight excluding hydrogens is 174 g/mol. The van der Waals surface area contributed by atoms with Crippen molar-refractivity contribution in [3.63, 3.8) is 0 Å². The first kappa shape index (κ1) is 11.0. The number of carbonyl (C=O) groups excluding carboxylic acids is 2. The van der Waals surface area contributed by atoms with Gasteiger partial charge in [-0.3, -0.25) is 0 Å². The fourth-order valence-electron chi connectivity index (χ4n) is 0.446. The van der Waals surface area contributed by atoms with Crippen LogP contribution in [0.25, 0.3) is 0 Å². The van der Waals surface area contributed by atoms with E-state index in [9.17, 15) is 9.59 Å². The quantitative estimate of drug-likeness (QED) is 0.382. The van der Waals surface area contributed by atoms with Crippen molar-refractivity contribution in [2.24, 2.45) is 5.73 Å². The van der Waals surface area contributed by atoms with E-state index in [0.717, 1.165) is 18.6 Å². The molecule has 2 N–H and O–H groups in total. The maximum Gasteiger partial charge on any atom is 0.359 e. The smallest absolute Gasteiger partial charge is 0.359 e. The van der Waals surface area contributed by atoms with E-state index in [1.54, 1.807) is 0 Å². The molecule has 0 radical (unpaired) electrons. The average molecular weight is 183 g/mol. The second kappa shape index (κ2) is 5.59. The molecule has 0 atom stereocenters. The zero-order chi connectivity index (χ0) is 10.3. The minimum atomic E-state index is -0.865. The van der Waals surface area contributed by atoms with Gasteiger partial charge in [-0.1, -0.05) is 13.2 Å². The number of nitrogens with two attached hydrogens (primary N) is 1. The summed E-state index contributed by atoms with van der Waals surface area (Å²) in [7, 11) is 0. The molecule has 0 heterocycles. The summed E-state index contributed by atoms with van der Waals surface area (Å²) < 4.78 is 8.56. The summed E-state index contributed by atoms with van der Waals surface area (Å²) in [6, 6.07) is 0.